The van der Waals surface area contributed by atoms with Gasteiger partial charge in [0.05, 0.1) is 0 Å². The van der Waals surface area contributed by atoms with Crippen LogP contribution in [0.5, 0.6) is 0 Å². The number of aliphatic carboxylic acids is 1. The SMILES string of the molecule is CC(C)(C)OC(=O)NC(CSCc1cc(Br)cs1)C(=O)O. The number of thiophene rings is 1. The molecule has 0 saturated carbocycles. The molecule has 2 N–H and O–H groups in total. The van der Waals surface area contributed by atoms with Gasteiger partial charge in [0.15, 0.2) is 0 Å². The quantitative estimate of drug-likeness (QED) is 0.767. The van der Waals surface area contributed by atoms with E-state index < -0.39 is 23.7 Å². The Hall–Kier alpha value is -0.730. The van der Waals surface area contributed by atoms with Crippen molar-refractivity contribution in [1.82, 2.24) is 5.32 Å². The highest BCUT2D eigenvalue weighted by Gasteiger charge is 2.23. The Balaban J connectivity index is 2.43. The van der Waals surface area contributed by atoms with Gasteiger partial charge in [-0.25, -0.2) is 9.59 Å². The standard InChI is InChI=1S/C13H18BrNO4S2/c1-13(2,3)19-12(18)15-10(11(16)17)7-20-6-9-4-8(14)5-21-9/h4-5,10H,6-7H2,1-3H3,(H,15,18)(H,16,17). The second-order valence-corrected chi connectivity index (χ2v) is 8.23. The molecule has 8 heteroatoms. The second kappa shape index (κ2) is 8.05. The molecule has 0 radical (unpaired) electrons. The molecule has 0 fully saturated rings. The number of ether oxygens (including phenoxy) is 1. The van der Waals surface area contributed by atoms with Crippen LogP contribution in [0.2, 0.25) is 0 Å². The van der Waals surface area contributed by atoms with E-state index >= 15 is 0 Å². The highest BCUT2D eigenvalue weighted by atomic mass is 79.9. The number of alkyl carbamates (subject to hydrolysis) is 1. The van der Waals surface area contributed by atoms with Crippen molar-refractivity contribution < 1.29 is 19.4 Å². The van der Waals surface area contributed by atoms with Gasteiger partial charge in [0.1, 0.15) is 11.6 Å². The summed E-state index contributed by atoms with van der Waals surface area (Å²) in [6.45, 7) is 5.18. The number of carbonyl (C=O) groups is 2. The maximum absolute atomic E-state index is 11.6. The second-order valence-electron chi connectivity index (χ2n) is 5.28. The molecular weight excluding hydrogens is 378 g/mol. The van der Waals surface area contributed by atoms with Gasteiger partial charge in [-0.1, -0.05) is 0 Å². The molecule has 1 amide bonds. The Kier molecular flexibility index (Phi) is 7.02. The summed E-state index contributed by atoms with van der Waals surface area (Å²) < 4.78 is 6.08. The van der Waals surface area contributed by atoms with E-state index in [2.05, 4.69) is 21.2 Å². The summed E-state index contributed by atoms with van der Waals surface area (Å²) in [5, 5.41) is 13.5. The van der Waals surface area contributed by atoms with E-state index in [4.69, 9.17) is 9.84 Å². The third-order valence-electron chi connectivity index (χ3n) is 2.14. The first kappa shape index (κ1) is 18.3. The fourth-order valence-corrected chi connectivity index (χ4v) is 3.95. The summed E-state index contributed by atoms with van der Waals surface area (Å²) in [4.78, 5) is 23.9. The van der Waals surface area contributed by atoms with E-state index in [-0.39, 0.29) is 5.75 Å². The first-order valence-corrected chi connectivity index (χ1v) is 9.03. The molecule has 5 nitrogen and oxygen atoms in total. The van der Waals surface area contributed by atoms with Gasteiger partial charge in [0.25, 0.3) is 0 Å². The number of thioether (sulfide) groups is 1. The molecular formula is C13H18BrNO4S2. The highest BCUT2D eigenvalue weighted by Crippen LogP contribution is 2.24. The van der Waals surface area contributed by atoms with Crippen LogP contribution in [0.1, 0.15) is 25.6 Å². The van der Waals surface area contributed by atoms with E-state index in [0.717, 1.165) is 9.35 Å². The van der Waals surface area contributed by atoms with Gasteiger partial charge in [-0.3, -0.25) is 0 Å². The van der Waals surface area contributed by atoms with E-state index in [9.17, 15) is 9.59 Å². The number of carboxylic acids is 1. The van der Waals surface area contributed by atoms with Gasteiger partial charge < -0.3 is 15.2 Å². The van der Waals surface area contributed by atoms with Gasteiger partial charge in [-0.15, -0.1) is 11.3 Å². The molecule has 0 aromatic carbocycles. The third kappa shape index (κ3) is 7.73. The van der Waals surface area contributed by atoms with Crippen LogP contribution in [0.15, 0.2) is 15.9 Å². The van der Waals surface area contributed by atoms with E-state index in [1.54, 1.807) is 32.1 Å². The molecule has 0 aliphatic heterocycles. The average molecular weight is 396 g/mol. The van der Waals surface area contributed by atoms with Crippen LogP contribution in [0, 0.1) is 0 Å². The number of amides is 1. The summed E-state index contributed by atoms with van der Waals surface area (Å²) in [5.74, 6) is -0.0825. The first-order valence-electron chi connectivity index (χ1n) is 6.20. The van der Waals surface area contributed by atoms with Crippen LogP contribution >= 0.6 is 39.0 Å². The minimum Gasteiger partial charge on any atom is -0.480 e. The Morgan fingerprint density at radius 3 is 2.67 bits per heavy atom. The number of hydrogen-bond donors (Lipinski definition) is 2. The lowest BCUT2D eigenvalue weighted by Crippen LogP contribution is -2.44. The topological polar surface area (TPSA) is 75.6 Å². The molecule has 1 atom stereocenters. The molecule has 1 heterocycles. The van der Waals surface area contributed by atoms with Crippen molar-refractivity contribution in [3.05, 3.63) is 20.8 Å². The number of halogens is 1. The fourth-order valence-electron chi connectivity index (χ4n) is 1.33. The normalized spacial score (nSPS) is 12.8. The largest absolute Gasteiger partial charge is 0.480 e. The molecule has 118 valence electrons. The zero-order valence-corrected chi connectivity index (χ0v) is 15.2. The lowest BCUT2D eigenvalue weighted by atomic mass is 10.2. The minimum atomic E-state index is -1.07. The molecule has 1 aromatic rings. The minimum absolute atomic E-state index is 0.282. The Labute approximate surface area is 140 Å². The monoisotopic (exact) mass is 395 g/mol. The molecule has 1 aromatic heterocycles. The molecule has 0 aliphatic rings. The lowest BCUT2D eigenvalue weighted by molar-refractivity contribution is -0.138. The number of rotatable bonds is 6. The van der Waals surface area contributed by atoms with Gasteiger partial charge in [0, 0.05) is 26.2 Å². The van der Waals surface area contributed by atoms with Crippen LogP contribution in [0.3, 0.4) is 0 Å². The van der Waals surface area contributed by atoms with E-state index in [1.807, 2.05) is 11.4 Å². The highest BCUT2D eigenvalue weighted by molar-refractivity contribution is 9.10. The van der Waals surface area contributed by atoms with Crippen molar-refractivity contribution in [3.8, 4) is 0 Å². The first-order chi connectivity index (χ1) is 9.67. The van der Waals surface area contributed by atoms with Gasteiger partial charge >= 0.3 is 12.1 Å². The third-order valence-corrected chi connectivity index (χ3v) is 5.10. The molecule has 0 spiro atoms. The molecule has 0 bridgehead atoms. The molecule has 0 aliphatic carbocycles. The van der Waals surface area contributed by atoms with E-state index in [0.29, 0.717) is 5.75 Å². The predicted molar refractivity (Wildman–Crippen MR) is 89.0 cm³/mol. The Morgan fingerprint density at radius 2 is 2.19 bits per heavy atom. The number of carboxylic acid groups (broad SMARTS) is 1. The summed E-state index contributed by atoms with van der Waals surface area (Å²) >= 11 is 6.43. The molecule has 1 rings (SSSR count). The van der Waals surface area contributed by atoms with Crippen molar-refractivity contribution in [2.75, 3.05) is 5.75 Å². The predicted octanol–water partition coefficient (Wildman–Crippen LogP) is 3.72. The maximum Gasteiger partial charge on any atom is 0.408 e. The van der Waals surface area contributed by atoms with Crippen molar-refractivity contribution in [3.63, 3.8) is 0 Å². The Morgan fingerprint density at radius 1 is 1.52 bits per heavy atom. The van der Waals surface area contributed by atoms with Gasteiger partial charge in [-0.2, -0.15) is 11.8 Å². The van der Waals surface area contributed by atoms with Crippen molar-refractivity contribution in [2.24, 2.45) is 0 Å². The Bertz CT molecular complexity index is 499. The molecule has 0 saturated heterocycles. The molecule has 21 heavy (non-hydrogen) atoms. The van der Waals surface area contributed by atoms with Crippen LogP contribution in [-0.2, 0) is 15.3 Å². The lowest BCUT2D eigenvalue weighted by Gasteiger charge is -2.21. The zero-order chi connectivity index (χ0) is 16.0. The molecule has 1 unspecified atom stereocenters. The van der Waals surface area contributed by atoms with Crippen LogP contribution in [0.25, 0.3) is 0 Å². The summed E-state index contributed by atoms with van der Waals surface area (Å²) in [5.41, 5.74) is -0.649. The van der Waals surface area contributed by atoms with Crippen LogP contribution in [-0.4, -0.2) is 34.6 Å². The van der Waals surface area contributed by atoms with Crippen LogP contribution in [0.4, 0.5) is 4.79 Å². The number of hydrogen-bond acceptors (Lipinski definition) is 5. The van der Waals surface area contributed by atoms with Crippen molar-refractivity contribution in [2.45, 2.75) is 38.2 Å². The summed E-state index contributed by atoms with van der Waals surface area (Å²) in [6, 6.07) is 1.03. The van der Waals surface area contributed by atoms with Crippen molar-refractivity contribution in [1.29, 1.82) is 0 Å². The van der Waals surface area contributed by atoms with Gasteiger partial charge in [0.2, 0.25) is 0 Å². The van der Waals surface area contributed by atoms with Gasteiger partial charge in [-0.05, 0) is 42.8 Å². The zero-order valence-electron chi connectivity index (χ0n) is 12.0. The summed E-state index contributed by atoms with van der Waals surface area (Å²) in [7, 11) is 0. The van der Waals surface area contributed by atoms with Crippen LogP contribution < -0.4 is 5.32 Å². The smallest absolute Gasteiger partial charge is 0.408 e. The number of carbonyl (C=O) groups excluding carboxylic acids is 1. The van der Waals surface area contributed by atoms with Crippen molar-refractivity contribution >= 4 is 51.1 Å². The maximum atomic E-state index is 11.6. The average Bonchev–Trinajstić information content (AvgIpc) is 2.71. The summed E-state index contributed by atoms with van der Waals surface area (Å²) in [6.07, 6.45) is -0.714. The number of nitrogens with one attached hydrogen (secondary N) is 1. The fraction of sp³-hybridized carbons (Fsp3) is 0.538. The van der Waals surface area contributed by atoms with E-state index in [1.165, 1.54) is 11.8 Å².